The molecule has 1 aromatic rings. The molecule has 0 amide bonds. The molecule has 4 nitrogen and oxygen atoms in total. The van der Waals surface area contributed by atoms with Crippen LogP contribution in [-0.2, 0) is 0 Å². The van der Waals surface area contributed by atoms with Crippen molar-refractivity contribution < 1.29 is 18.3 Å². The van der Waals surface area contributed by atoms with E-state index in [9.17, 15) is 8.78 Å². The Morgan fingerprint density at radius 2 is 1.83 bits per heavy atom. The summed E-state index contributed by atoms with van der Waals surface area (Å²) in [6.07, 6.45) is -3.58. The minimum atomic E-state index is -3.58. The van der Waals surface area contributed by atoms with Gasteiger partial charge in [-0.25, -0.2) is 0 Å². The molecule has 130 valence electrons. The lowest BCUT2D eigenvalue weighted by Crippen LogP contribution is -2.48. The Morgan fingerprint density at radius 1 is 1.17 bits per heavy atom. The molecule has 0 aliphatic carbocycles. The molecule has 1 atom stereocenters. The summed E-state index contributed by atoms with van der Waals surface area (Å²) in [5, 5.41) is 3.32. The lowest BCUT2D eigenvalue weighted by Gasteiger charge is -2.42. The highest BCUT2D eigenvalue weighted by Gasteiger charge is 2.46. The zero-order valence-corrected chi connectivity index (χ0v) is 14.4. The lowest BCUT2D eigenvalue weighted by molar-refractivity contribution is -0.287. The molecule has 0 spiro atoms. The van der Waals surface area contributed by atoms with Gasteiger partial charge in [0.25, 0.3) is 0 Å². The molecule has 2 aliphatic heterocycles. The van der Waals surface area contributed by atoms with Crippen LogP contribution in [0.3, 0.4) is 0 Å². The number of ether oxygens (including phenoxy) is 2. The van der Waals surface area contributed by atoms with Gasteiger partial charge in [0.05, 0.1) is 0 Å². The number of halogens is 3. The van der Waals surface area contributed by atoms with E-state index < -0.39 is 6.29 Å². The van der Waals surface area contributed by atoms with E-state index in [0.717, 1.165) is 31.7 Å². The van der Waals surface area contributed by atoms with Gasteiger partial charge in [0.1, 0.15) is 0 Å². The summed E-state index contributed by atoms with van der Waals surface area (Å²) in [5.41, 5.74) is 0.650. The summed E-state index contributed by atoms with van der Waals surface area (Å²) in [7, 11) is 0. The van der Waals surface area contributed by atoms with Crippen LogP contribution < -0.4 is 14.8 Å². The Kier molecular flexibility index (Phi) is 5.09. The van der Waals surface area contributed by atoms with Gasteiger partial charge in [-0.2, -0.15) is 0 Å². The standard InChI is InChI=1S/C16H22F2N2O2.ClH/c1-15(2,3)14(20-9-7-19-8-10-20)11-5-4-6-12-13(11)22-16(17,18)21-12;/h4-6,14,19H,7-10H2,1-3H3;1H/t14-;/m0./s1. The lowest BCUT2D eigenvalue weighted by atomic mass is 9.80. The summed E-state index contributed by atoms with van der Waals surface area (Å²) in [5.74, 6) is 0.290. The second-order valence-corrected chi connectivity index (χ2v) is 6.90. The molecule has 0 radical (unpaired) electrons. The van der Waals surface area contributed by atoms with E-state index in [-0.39, 0.29) is 35.4 Å². The van der Waals surface area contributed by atoms with Crippen LogP contribution in [-0.4, -0.2) is 37.4 Å². The number of rotatable bonds is 2. The highest BCUT2D eigenvalue weighted by atomic mass is 35.5. The zero-order chi connectivity index (χ0) is 16.0. The summed E-state index contributed by atoms with van der Waals surface area (Å²) >= 11 is 0. The van der Waals surface area contributed by atoms with Crippen LogP contribution in [0.15, 0.2) is 18.2 Å². The van der Waals surface area contributed by atoms with Crippen LogP contribution in [0, 0.1) is 5.41 Å². The van der Waals surface area contributed by atoms with E-state index in [1.165, 1.54) is 6.07 Å². The minimum absolute atomic E-state index is 0. The van der Waals surface area contributed by atoms with Gasteiger partial charge in [-0.3, -0.25) is 4.90 Å². The van der Waals surface area contributed by atoms with Crippen molar-refractivity contribution in [3.8, 4) is 11.5 Å². The van der Waals surface area contributed by atoms with Crippen molar-refractivity contribution in [3.63, 3.8) is 0 Å². The molecule has 0 unspecified atom stereocenters. The summed E-state index contributed by atoms with van der Waals surface area (Å²) < 4.78 is 36.3. The molecule has 2 aliphatic rings. The van der Waals surface area contributed by atoms with Crippen LogP contribution >= 0.6 is 12.4 Å². The molecule has 0 bridgehead atoms. The first-order valence-electron chi connectivity index (χ1n) is 7.61. The molecule has 1 fully saturated rings. The SMILES string of the molecule is CC(C)(C)[C@H](c1cccc2c1OC(F)(F)O2)N1CCNCC1.Cl. The van der Waals surface area contributed by atoms with Crippen molar-refractivity contribution in [2.24, 2.45) is 5.41 Å². The predicted octanol–water partition coefficient (Wildman–Crippen LogP) is 3.42. The molecule has 1 saturated heterocycles. The summed E-state index contributed by atoms with van der Waals surface area (Å²) in [4.78, 5) is 2.33. The third-order valence-electron chi connectivity index (χ3n) is 4.09. The minimum Gasteiger partial charge on any atom is -0.395 e. The molecule has 3 rings (SSSR count). The molecule has 23 heavy (non-hydrogen) atoms. The van der Waals surface area contributed by atoms with Gasteiger partial charge in [0.15, 0.2) is 11.5 Å². The first kappa shape index (κ1) is 18.2. The first-order valence-corrected chi connectivity index (χ1v) is 7.61. The van der Waals surface area contributed by atoms with Crippen molar-refractivity contribution in [2.45, 2.75) is 33.1 Å². The largest absolute Gasteiger partial charge is 0.586 e. The van der Waals surface area contributed by atoms with Crippen LogP contribution in [0.25, 0.3) is 0 Å². The van der Waals surface area contributed by atoms with Gasteiger partial charge in [-0.05, 0) is 11.5 Å². The number of alkyl halides is 2. The number of benzene rings is 1. The van der Waals surface area contributed by atoms with Gasteiger partial charge in [-0.1, -0.05) is 32.9 Å². The zero-order valence-electron chi connectivity index (χ0n) is 13.6. The van der Waals surface area contributed by atoms with E-state index in [2.05, 4.69) is 35.7 Å². The van der Waals surface area contributed by atoms with Crippen molar-refractivity contribution >= 4 is 12.4 Å². The molecule has 1 aromatic carbocycles. The monoisotopic (exact) mass is 348 g/mol. The highest BCUT2D eigenvalue weighted by molar-refractivity contribution is 5.85. The van der Waals surface area contributed by atoms with Crippen molar-refractivity contribution in [1.82, 2.24) is 10.2 Å². The van der Waals surface area contributed by atoms with Gasteiger partial charge < -0.3 is 14.8 Å². The topological polar surface area (TPSA) is 33.7 Å². The second kappa shape index (κ2) is 6.42. The maximum absolute atomic E-state index is 13.5. The maximum Gasteiger partial charge on any atom is 0.586 e. The number of nitrogens with zero attached hydrogens (tertiary/aromatic N) is 1. The molecule has 7 heteroatoms. The Bertz CT molecular complexity index is 558. The van der Waals surface area contributed by atoms with Crippen molar-refractivity contribution in [1.29, 1.82) is 0 Å². The summed E-state index contributed by atoms with van der Waals surface area (Å²) in [6, 6.07) is 5.13. The smallest absolute Gasteiger partial charge is 0.395 e. The average Bonchev–Trinajstić information content (AvgIpc) is 2.73. The van der Waals surface area contributed by atoms with Crippen molar-refractivity contribution in [3.05, 3.63) is 23.8 Å². The third kappa shape index (κ3) is 3.70. The molecular formula is C16H23ClF2N2O2. The van der Waals surface area contributed by atoms with Crippen LogP contribution in [0.5, 0.6) is 11.5 Å². The van der Waals surface area contributed by atoms with E-state index in [1.54, 1.807) is 6.07 Å². The average molecular weight is 349 g/mol. The quantitative estimate of drug-likeness (QED) is 0.888. The molecule has 2 heterocycles. The van der Waals surface area contributed by atoms with Gasteiger partial charge in [0, 0.05) is 37.8 Å². The molecule has 1 N–H and O–H groups in total. The number of fused-ring (bicyclic) bond motifs is 1. The number of hydrogen-bond acceptors (Lipinski definition) is 4. The first-order chi connectivity index (χ1) is 10.3. The number of para-hydroxylation sites is 1. The van der Waals surface area contributed by atoms with E-state index in [1.807, 2.05) is 6.07 Å². The molecule has 0 aromatic heterocycles. The van der Waals surface area contributed by atoms with E-state index in [0.29, 0.717) is 0 Å². The second-order valence-electron chi connectivity index (χ2n) is 6.90. The normalized spacial score (nSPS) is 21.6. The Morgan fingerprint density at radius 3 is 2.43 bits per heavy atom. The maximum atomic E-state index is 13.5. The van der Waals surface area contributed by atoms with Crippen LogP contribution in [0.4, 0.5) is 8.78 Å². The molecular weight excluding hydrogens is 326 g/mol. The van der Waals surface area contributed by atoms with E-state index in [4.69, 9.17) is 4.74 Å². The summed E-state index contributed by atoms with van der Waals surface area (Å²) in [6.45, 7) is 9.91. The van der Waals surface area contributed by atoms with Gasteiger partial charge >= 0.3 is 6.29 Å². The fourth-order valence-corrected chi connectivity index (χ4v) is 3.36. The number of nitrogens with one attached hydrogen (secondary N) is 1. The Labute approximate surface area is 141 Å². The van der Waals surface area contributed by atoms with Gasteiger partial charge in [-0.15, -0.1) is 21.2 Å². The fourth-order valence-electron chi connectivity index (χ4n) is 3.36. The fraction of sp³-hybridized carbons (Fsp3) is 0.625. The third-order valence-corrected chi connectivity index (χ3v) is 4.09. The predicted molar refractivity (Wildman–Crippen MR) is 86.5 cm³/mol. The van der Waals surface area contributed by atoms with E-state index >= 15 is 0 Å². The highest BCUT2D eigenvalue weighted by Crippen LogP contribution is 2.50. The van der Waals surface area contributed by atoms with Gasteiger partial charge in [0.2, 0.25) is 0 Å². The Hall–Kier alpha value is -1.11. The van der Waals surface area contributed by atoms with Crippen LogP contribution in [0.1, 0.15) is 32.4 Å². The number of piperazine rings is 1. The molecule has 0 saturated carbocycles. The van der Waals surface area contributed by atoms with Crippen LogP contribution in [0.2, 0.25) is 0 Å². The number of hydrogen-bond donors (Lipinski definition) is 1. The Balaban J connectivity index is 0.00000192. The van der Waals surface area contributed by atoms with Crippen molar-refractivity contribution in [2.75, 3.05) is 26.2 Å².